The number of hydrogen-bond donors (Lipinski definition) is 0. The maximum atomic E-state index is 11.8. The van der Waals surface area contributed by atoms with Crippen molar-refractivity contribution in [3.05, 3.63) is 51.6 Å². The predicted molar refractivity (Wildman–Crippen MR) is 67.7 cm³/mol. The first kappa shape index (κ1) is 10.8. The smallest absolute Gasteiger partial charge is 0.391 e. The van der Waals surface area contributed by atoms with Gasteiger partial charge in [-0.05, 0) is 17.0 Å². The van der Waals surface area contributed by atoms with Crippen molar-refractivity contribution in [3.63, 3.8) is 0 Å². The zero-order valence-corrected chi connectivity index (χ0v) is 9.56. The molecule has 0 aliphatic rings. The average molecular weight is 250 g/mol. The second kappa shape index (κ2) is 3.86. The maximum absolute atomic E-state index is 11.8. The molecule has 19 heavy (non-hydrogen) atoms. The summed E-state index contributed by atoms with van der Waals surface area (Å²) < 4.78 is 0. The summed E-state index contributed by atoms with van der Waals surface area (Å²) in [4.78, 5) is 6.55. The zero-order chi connectivity index (χ0) is 13.4. The summed E-state index contributed by atoms with van der Waals surface area (Å²) in [5.41, 5.74) is 1.32. The van der Waals surface area contributed by atoms with Crippen LogP contribution >= 0.6 is 0 Å². The fraction of sp³-hybridized carbons (Fsp3) is 0. The molecule has 1 aromatic heterocycles. The molecule has 0 aliphatic heterocycles. The van der Waals surface area contributed by atoms with E-state index in [9.17, 15) is 5.21 Å². The minimum absolute atomic E-state index is 0.278. The van der Waals surface area contributed by atoms with Crippen LogP contribution in [0, 0.1) is 16.0 Å². The maximum Gasteiger partial charge on any atom is 0.391 e. The van der Waals surface area contributed by atoms with Gasteiger partial charge < -0.3 is 5.21 Å². The first-order valence-corrected chi connectivity index (χ1v) is 5.40. The Morgan fingerprint density at radius 1 is 0.947 bits per heavy atom. The monoisotopic (exact) mass is 250 g/mol. The summed E-state index contributed by atoms with van der Waals surface area (Å²) in [6.45, 7) is 0. The summed E-state index contributed by atoms with van der Waals surface area (Å²) in [6.07, 6.45) is 0. The topological polar surface area (TPSA) is 96.1 Å². The van der Waals surface area contributed by atoms with Crippen LogP contribution in [0.15, 0.2) is 36.4 Å². The van der Waals surface area contributed by atoms with E-state index in [2.05, 4.69) is 15.1 Å². The van der Waals surface area contributed by atoms with Crippen molar-refractivity contribution in [2.24, 2.45) is 0 Å². The van der Waals surface area contributed by atoms with E-state index in [0.717, 1.165) is 5.39 Å². The van der Waals surface area contributed by atoms with Crippen LogP contribution in [0.2, 0.25) is 0 Å². The number of nitrogens with zero attached hydrogens (tertiary/aromatic N) is 6. The molecule has 7 heteroatoms. The fourth-order valence-electron chi connectivity index (χ4n) is 2.01. The minimum atomic E-state index is 0.278. The lowest BCUT2D eigenvalue weighted by Gasteiger charge is -2.00. The van der Waals surface area contributed by atoms with Gasteiger partial charge in [-0.1, -0.05) is 0 Å². The lowest BCUT2D eigenvalue weighted by Crippen LogP contribution is -2.31. The van der Waals surface area contributed by atoms with Gasteiger partial charge in [0.05, 0.1) is 11.5 Å². The second-order valence-corrected chi connectivity index (χ2v) is 3.98. The SMILES string of the molecule is N#[N+]c1ccc2c(c1)n[n+]([O-])c1cc([N+]#N)ccc21. The summed E-state index contributed by atoms with van der Waals surface area (Å²) >= 11 is 0. The molecule has 0 bridgehead atoms. The Morgan fingerprint density at radius 3 is 2.26 bits per heavy atom. The predicted octanol–water partition coefficient (Wildman–Crippen LogP) is 2.99. The summed E-state index contributed by atoms with van der Waals surface area (Å²) in [5.74, 6) is 0. The van der Waals surface area contributed by atoms with Crippen molar-refractivity contribution in [1.29, 1.82) is 10.8 Å². The van der Waals surface area contributed by atoms with Crippen molar-refractivity contribution < 1.29 is 4.85 Å². The van der Waals surface area contributed by atoms with Crippen LogP contribution in [0.1, 0.15) is 0 Å². The number of hydrogen-bond acceptors (Lipinski definition) is 4. The molecule has 0 N–H and O–H groups in total. The summed E-state index contributed by atoms with van der Waals surface area (Å²) in [5, 5.41) is 34.6. The molecule has 0 fully saturated rings. The molecule has 1 heterocycles. The first-order valence-electron chi connectivity index (χ1n) is 5.40. The van der Waals surface area contributed by atoms with Crippen LogP contribution in [0.5, 0.6) is 0 Å². The Morgan fingerprint density at radius 2 is 1.58 bits per heavy atom. The van der Waals surface area contributed by atoms with Gasteiger partial charge in [0.2, 0.25) is 10.8 Å². The Hall–Kier alpha value is -3.32. The highest BCUT2D eigenvalue weighted by atomic mass is 16.5. The van der Waals surface area contributed by atoms with Gasteiger partial charge in [0.1, 0.15) is 11.6 Å². The Kier molecular flexibility index (Phi) is 2.20. The molecule has 0 radical (unpaired) electrons. The van der Waals surface area contributed by atoms with Gasteiger partial charge in [-0.25, -0.2) is 0 Å². The minimum Gasteiger partial charge on any atom is -0.594 e. The van der Waals surface area contributed by atoms with E-state index < -0.39 is 0 Å². The highest BCUT2D eigenvalue weighted by molar-refractivity contribution is 6.04. The fourth-order valence-corrected chi connectivity index (χ4v) is 2.01. The van der Waals surface area contributed by atoms with Crippen molar-refractivity contribution in [1.82, 2.24) is 5.10 Å². The van der Waals surface area contributed by atoms with Crippen LogP contribution in [-0.4, -0.2) is 5.10 Å². The van der Waals surface area contributed by atoms with E-state index >= 15 is 0 Å². The molecule has 3 aromatic rings. The third-order valence-corrected chi connectivity index (χ3v) is 2.89. The molecule has 0 saturated carbocycles. The number of benzene rings is 2. The standard InChI is InChI=1S/C12H6N6O/c13-15-7-1-3-9-10-4-2-8(16-14)6-12(10)18(19)17-11(9)5-7/h1-6H/q+2. The third kappa shape index (κ3) is 1.58. The second-order valence-electron chi connectivity index (χ2n) is 3.98. The van der Waals surface area contributed by atoms with Crippen molar-refractivity contribution in [3.8, 4) is 0 Å². The Labute approximate surface area is 106 Å². The lowest BCUT2D eigenvalue weighted by atomic mass is 10.1. The molecule has 0 atom stereocenters. The molecule has 2 aromatic carbocycles. The Balaban J connectivity index is 2.48. The molecule has 0 unspecified atom stereocenters. The zero-order valence-electron chi connectivity index (χ0n) is 9.56. The summed E-state index contributed by atoms with van der Waals surface area (Å²) in [7, 11) is 0. The third-order valence-electron chi connectivity index (χ3n) is 2.89. The molecule has 0 saturated heterocycles. The van der Waals surface area contributed by atoms with E-state index in [1.165, 1.54) is 12.1 Å². The first-order chi connectivity index (χ1) is 9.22. The normalized spacial score (nSPS) is 10.2. The highest BCUT2D eigenvalue weighted by Crippen LogP contribution is 2.27. The molecule has 0 spiro atoms. The van der Waals surface area contributed by atoms with Gasteiger partial charge in [-0.15, -0.1) is 0 Å². The van der Waals surface area contributed by atoms with Gasteiger partial charge >= 0.3 is 11.4 Å². The number of diazo groups is 2. The van der Waals surface area contributed by atoms with E-state index in [0.29, 0.717) is 27.0 Å². The Bertz CT molecular complexity index is 906. The molecule has 3 rings (SSSR count). The lowest BCUT2D eigenvalue weighted by molar-refractivity contribution is -0.639. The van der Waals surface area contributed by atoms with E-state index in [4.69, 9.17) is 10.8 Å². The van der Waals surface area contributed by atoms with Gasteiger partial charge in [0.15, 0.2) is 9.95 Å². The molecule has 0 aliphatic carbocycles. The van der Waals surface area contributed by atoms with Gasteiger partial charge in [0, 0.05) is 22.6 Å². The van der Waals surface area contributed by atoms with Crippen LogP contribution in [0.3, 0.4) is 0 Å². The van der Waals surface area contributed by atoms with Crippen molar-refractivity contribution in [2.75, 3.05) is 0 Å². The van der Waals surface area contributed by atoms with Crippen LogP contribution < -0.4 is 4.85 Å². The van der Waals surface area contributed by atoms with Crippen LogP contribution in [-0.2, 0) is 0 Å². The number of fused-ring (bicyclic) bond motifs is 3. The molecular weight excluding hydrogens is 244 g/mol. The quantitative estimate of drug-likeness (QED) is 0.265. The molecular formula is C12H6N6O+2. The van der Waals surface area contributed by atoms with E-state index in [1.807, 2.05) is 0 Å². The molecule has 88 valence electrons. The molecule has 7 nitrogen and oxygen atoms in total. The van der Waals surface area contributed by atoms with Crippen molar-refractivity contribution >= 4 is 33.2 Å². The van der Waals surface area contributed by atoms with Crippen molar-refractivity contribution in [2.45, 2.75) is 0 Å². The average Bonchev–Trinajstić information content (AvgIpc) is 2.46. The van der Waals surface area contributed by atoms with Crippen LogP contribution in [0.4, 0.5) is 11.4 Å². The molecule has 0 amide bonds. The van der Waals surface area contributed by atoms with Gasteiger partial charge in [0.25, 0.3) is 5.52 Å². The van der Waals surface area contributed by atoms with E-state index in [-0.39, 0.29) is 5.69 Å². The van der Waals surface area contributed by atoms with Gasteiger partial charge in [-0.3, -0.25) is 0 Å². The number of rotatable bonds is 0. The number of aromatic nitrogens is 2. The largest absolute Gasteiger partial charge is 0.594 e. The summed E-state index contributed by atoms with van der Waals surface area (Å²) in [6, 6.07) is 9.55. The van der Waals surface area contributed by atoms with Gasteiger partial charge in [-0.2, -0.15) is 0 Å². The van der Waals surface area contributed by atoms with E-state index in [1.54, 1.807) is 24.3 Å². The highest BCUT2D eigenvalue weighted by Gasteiger charge is 2.18. The van der Waals surface area contributed by atoms with Crippen LogP contribution in [0.25, 0.3) is 31.8 Å².